The molecular formula is C22H30O11P2. The average Bonchev–Trinajstić information content (AvgIpc) is 3.14. The molecule has 0 aliphatic rings. The monoisotopic (exact) mass is 532 g/mol. The van der Waals surface area contributed by atoms with Crippen LogP contribution in [0.4, 0.5) is 0 Å². The lowest BCUT2D eigenvalue weighted by Gasteiger charge is -2.33. The smallest absolute Gasteiger partial charge is 0.389 e. The second-order valence-electron chi connectivity index (χ2n) is 7.51. The number of hydrogen-bond acceptors (Lipinski definition) is 7. The van der Waals surface area contributed by atoms with Gasteiger partial charge in [-0.2, -0.15) is 0 Å². The van der Waals surface area contributed by atoms with Crippen molar-refractivity contribution in [3.63, 3.8) is 0 Å². The van der Waals surface area contributed by atoms with E-state index in [0.29, 0.717) is 16.4 Å². The van der Waals surface area contributed by atoms with Crippen LogP contribution in [0.2, 0.25) is 0 Å². The molecule has 0 unspecified atom stereocenters. The highest BCUT2D eigenvalue weighted by Crippen LogP contribution is 2.60. The van der Waals surface area contributed by atoms with E-state index >= 15 is 0 Å². The van der Waals surface area contributed by atoms with E-state index in [9.17, 15) is 28.7 Å². The molecule has 0 amide bonds. The first-order chi connectivity index (χ1) is 16.4. The molecule has 0 saturated heterocycles. The molecule has 0 aliphatic heterocycles. The number of rotatable bonds is 12. The third-order valence-corrected chi connectivity index (χ3v) is 7.89. The van der Waals surface area contributed by atoms with Gasteiger partial charge in [0, 0.05) is 48.3 Å². The molecule has 3 rings (SSSR count). The van der Waals surface area contributed by atoms with E-state index in [1.807, 2.05) is 0 Å². The molecule has 0 spiro atoms. The van der Waals surface area contributed by atoms with Crippen molar-refractivity contribution in [1.29, 1.82) is 0 Å². The van der Waals surface area contributed by atoms with Crippen LogP contribution in [-0.2, 0) is 39.1 Å². The largest absolute Gasteiger partial charge is 0.456 e. The van der Waals surface area contributed by atoms with Crippen molar-refractivity contribution in [3.05, 3.63) is 47.5 Å². The molecule has 0 bridgehead atoms. The van der Waals surface area contributed by atoms with Crippen molar-refractivity contribution < 1.29 is 52.1 Å². The van der Waals surface area contributed by atoms with Crippen molar-refractivity contribution in [3.8, 4) is 0 Å². The van der Waals surface area contributed by atoms with Gasteiger partial charge in [-0.05, 0) is 58.0 Å². The number of ether oxygens (including phenoxy) is 4. The van der Waals surface area contributed by atoms with E-state index in [1.54, 1.807) is 33.8 Å². The minimum absolute atomic E-state index is 0.0159. The Morgan fingerprint density at radius 2 is 1.09 bits per heavy atom. The molecule has 194 valence electrons. The molecule has 0 saturated carbocycles. The van der Waals surface area contributed by atoms with Gasteiger partial charge in [-0.3, -0.25) is 9.13 Å². The van der Waals surface area contributed by atoms with Crippen LogP contribution in [0.5, 0.6) is 0 Å². The highest BCUT2D eigenvalue weighted by molar-refractivity contribution is 7.53. The third kappa shape index (κ3) is 4.86. The maximum atomic E-state index is 12.5. The Morgan fingerprint density at radius 1 is 0.657 bits per heavy atom. The second-order valence-corrected chi connectivity index (χ2v) is 10.9. The fourth-order valence-corrected chi connectivity index (χ4v) is 6.18. The quantitative estimate of drug-likeness (QED) is 0.194. The molecule has 0 fully saturated rings. The van der Waals surface area contributed by atoms with Gasteiger partial charge in [0.15, 0.2) is 0 Å². The van der Waals surface area contributed by atoms with Crippen molar-refractivity contribution in [2.45, 2.75) is 38.8 Å². The Bertz CT molecular complexity index is 1260. The van der Waals surface area contributed by atoms with Crippen LogP contribution in [-0.4, -0.2) is 46.0 Å². The van der Waals surface area contributed by atoms with Gasteiger partial charge >= 0.3 is 20.7 Å². The second kappa shape index (κ2) is 10.4. The van der Waals surface area contributed by atoms with Crippen molar-refractivity contribution in [1.82, 2.24) is 0 Å². The molecular weight excluding hydrogens is 502 g/mol. The van der Waals surface area contributed by atoms with Gasteiger partial charge in [-0.15, -0.1) is 0 Å². The summed E-state index contributed by atoms with van der Waals surface area (Å²) in [6.45, 7) is 6.30. The standard InChI is InChI=1S/C22H30O11P2/c1-5-29-21(30-6-2,34(23,24)25)15-10-12-19-18(13-15)17-11-9-16(14-20(17)33-19)22(31-7-3,32-8-4)35(26,27)28/h9-14H,5-8H2,1-4H3,(H2,23,24,25)(H2,26,27,28). The summed E-state index contributed by atoms with van der Waals surface area (Å²) in [4.78, 5) is 40.4. The normalized spacial score (nSPS) is 13.7. The Balaban J connectivity index is 2.25. The molecule has 35 heavy (non-hydrogen) atoms. The van der Waals surface area contributed by atoms with Crippen LogP contribution in [0.15, 0.2) is 40.8 Å². The van der Waals surface area contributed by atoms with Gasteiger partial charge in [0.05, 0.1) is 0 Å². The molecule has 2 aromatic carbocycles. The van der Waals surface area contributed by atoms with Gasteiger partial charge in [-0.1, -0.05) is 6.07 Å². The van der Waals surface area contributed by atoms with Crippen LogP contribution in [0.3, 0.4) is 0 Å². The fourth-order valence-electron chi connectivity index (χ4n) is 4.04. The van der Waals surface area contributed by atoms with Crippen LogP contribution < -0.4 is 0 Å². The predicted octanol–water partition coefficient (Wildman–Crippen LogP) is 4.31. The maximum Gasteiger partial charge on any atom is 0.389 e. The van der Waals surface area contributed by atoms with E-state index in [0.717, 1.165) is 0 Å². The predicted molar refractivity (Wildman–Crippen MR) is 128 cm³/mol. The van der Waals surface area contributed by atoms with E-state index in [2.05, 4.69) is 0 Å². The molecule has 3 aromatic rings. The third-order valence-electron chi connectivity index (χ3n) is 5.33. The van der Waals surface area contributed by atoms with E-state index in [-0.39, 0.29) is 43.1 Å². The lowest BCUT2D eigenvalue weighted by atomic mass is 10.1. The zero-order valence-corrected chi connectivity index (χ0v) is 21.6. The van der Waals surface area contributed by atoms with Crippen molar-refractivity contribution in [2.24, 2.45) is 0 Å². The topological polar surface area (TPSA) is 165 Å². The summed E-state index contributed by atoms with van der Waals surface area (Å²) in [5.74, 6) is 0. The summed E-state index contributed by atoms with van der Waals surface area (Å²) in [6.07, 6.45) is 0. The van der Waals surface area contributed by atoms with Crippen LogP contribution in [0.25, 0.3) is 21.9 Å². The first-order valence-corrected chi connectivity index (χ1v) is 14.3. The zero-order chi connectivity index (χ0) is 26.1. The number of hydrogen-bond donors (Lipinski definition) is 4. The fraction of sp³-hybridized carbons (Fsp3) is 0.455. The summed E-state index contributed by atoms with van der Waals surface area (Å²) in [5.41, 5.74) is -3.80. The van der Waals surface area contributed by atoms with Crippen LogP contribution in [0, 0.1) is 0 Å². The van der Waals surface area contributed by atoms with Crippen LogP contribution >= 0.6 is 15.2 Å². The first-order valence-electron chi connectivity index (χ1n) is 11.0. The summed E-state index contributed by atoms with van der Waals surface area (Å²) in [6, 6.07) is 8.91. The summed E-state index contributed by atoms with van der Waals surface area (Å²) < 4.78 is 52.6. The Labute approximate surface area is 202 Å². The zero-order valence-electron chi connectivity index (χ0n) is 19.8. The van der Waals surface area contributed by atoms with Gasteiger partial charge in [0.1, 0.15) is 11.2 Å². The number of fused-ring (bicyclic) bond motifs is 3. The molecule has 13 heteroatoms. The highest BCUT2D eigenvalue weighted by Gasteiger charge is 2.53. The lowest BCUT2D eigenvalue weighted by molar-refractivity contribution is -0.192. The minimum atomic E-state index is -4.94. The first kappa shape index (κ1) is 28.0. The molecule has 1 aromatic heterocycles. The Hall–Kier alpha value is -1.62. The minimum Gasteiger partial charge on any atom is -0.456 e. The molecule has 0 atom stereocenters. The SMILES string of the molecule is CCOC(OCC)(c1ccc2c(c1)oc1ccc(C(OCC)(OCC)P(=O)(O)O)cc12)P(=O)(O)O. The van der Waals surface area contributed by atoms with Crippen LogP contribution in [0.1, 0.15) is 38.8 Å². The summed E-state index contributed by atoms with van der Waals surface area (Å²) >= 11 is 0. The number of furan rings is 1. The molecule has 0 radical (unpaired) electrons. The van der Waals surface area contributed by atoms with E-state index < -0.39 is 26.2 Å². The van der Waals surface area contributed by atoms with Gasteiger partial charge in [0.2, 0.25) is 0 Å². The molecule has 0 aliphatic carbocycles. The van der Waals surface area contributed by atoms with Gasteiger partial charge < -0.3 is 42.9 Å². The molecule has 11 nitrogen and oxygen atoms in total. The van der Waals surface area contributed by atoms with E-state index in [1.165, 1.54) is 30.3 Å². The Kier molecular flexibility index (Phi) is 8.30. The average molecular weight is 532 g/mol. The van der Waals surface area contributed by atoms with Crippen molar-refractivity contribution in [2.75, 3.05) is 26.4 Å². The highest BCUT2D eigenvalue weighted by atomic mass is 31.2. The lowest BCUT2D eigenvalue weighted by Crippen LogP contribution is -2.33. The summed E-state index contributed by atoms with van der Waals surface area (Å²) in [7, 11) is -9.88. The van der Waals surface area contributed by atoms with Crippen molar-refractivity contribution >= 4 is 37.1 Å². The Morgan fingerprint density at radius 3 is 1.51 bits per heavy atom. The molecule has 1 heterocycles. The molecule has 4 N–H and O–H groups in total. The van der Waals surface area contributed by atoms with Gasteiger partial charge in [0.25, 0.3) is 5.53 Å². The maximum absolute atomic E-state index is 12.5. The van der Waals surface area contributed by atoms with Gasteiger partial charge in [-0.25, -0.2) is 0 Å². The van der Waals surface area contributed by atoms with E-state index in [4.69, 9.17) is 23.4 Å². The summed E-state index contributed by atoms with van der Waals surface area (Å²) in [5, 5.41) is 1.03. The number of benzene rings is 2.